The fourth-order valence-electron chi connectivity index (χ4n) is 9.96. The second-order valence-corrected chi connectivity index (χ2v) is 22.4. The molecule has 1 aliphatic rings. The quantitative estimate of drug-likeness (QED) is 0.152. The zero-order chi connectivity index (χ0) is 54.5. The molecule has 5 nitrogen and oxygen atoms in total. The van der Waals surface area contributed by atoms with E-state index < -0.39 is 6.04 Å². The Hall–Kier alpha value is -7.89. The van der Waals surface area contributed by atoms with Crippen LogP contribution in [0.25, 0.3) is 61.0 Å². The van der Waals surface area contributed by atoms with Crippen molar-refractivity contribution < 1.29 is 11.6 Å². The summed E-state index contributed by atoms with van der Waals surface area (Å²) in [5, 5.41) is 2.05. The Morgan fingerprint density at radius 2 is 1.12 bits per heavy atom. The van der Waals surface area contributed by atoms with Gasteiger partial charge in [0.15, 0.2) is 0 Å². The monoisotopic (exact) mass is 946 g/mol. The van der Waals surface area contributed by atoms with Gasteiger partial charge in [-0.25, -0.2) is 4.98 Å². The summed E-state index contributed by atoms with van der Waals surface area (Å²) in [7, 11) is 0. The molecule has 358 valence electrons. The molecular formula is C67H64N4O. The first-order chi connectivity index (χ1) is 36.5. The van der Waals surface area contributed by atoms with E-state index in [0.717, 1.165) is 66.8 Å². The van der Waals surface area contributed by atoms with Crippen molar-refractivity contribution in [3.63, 3.8) is 0 Å². The van der Waals surface area contributed by atoms with Gasteiger partial charge in [0.2, 0.25) is 0 Å². The van der Waals surface area contributed by atoms with Crippen molar-refractivity contribution in [1.29, 1.82) is 0 Å². The van der Waals surface area contributed by atoms with Crippen LogP contribution in [-0.2, 0) is 16.2 Å². The minimum Gasteiger partial charge on any atom is -0.457 e. The Morgan fingerprint density at radius 3 is 1.85 bits per heavy atom. The van der Waals surface area contributed by atoms with Gasteiger partial charge in [0.1, 0.15) is 24.0 Å². The summed E-state index contributed by atoms with van der Waals surface area (Å²) in [6.45, 7) is 22.9. The van der Waals surface area contributed by atoms with Crippen molar-refractivity contribution in [1.82, 2.24) is 9.55 Å². The number of benzene rings is 8. The highest BCUT2D eigenvalue weighted by molar-refractivity contribution is 6.11. The molecule has 8 aromatic carbocycles. The third-order valence-electron chi connectivity index (χ3n) is 14.2. The number of aromatic nitrogens is 2. The second-order valence-electron chi connectivity index (χ2n) is 22.4. The fraction of sp³-hybridized carbons (Fsp3) is 0.209. The molecule has 0 spiro atoms. The van der Waals surface area contributed by atoms with Gasteiger partial charge in [0.25, 0.3) is 0 Å². The highest BCUT2D eigenvalue weighted by atomic mass is 16.5. The number of nitrogens with zero attached hydrogens (tertiary/aromatic N) is 4. The number of anilines is 4. The smallest absolute Gasteiger partial charge is 0.137 e. The summed E-state index contributed by atoms with van der Waals surface area (Å²) < 4.78 is 51.4. The van der Waals surface area contributed by atoms with Crippen LogP contribution in [0.5, 0.6) is 11.5 Å². The molecule has 10 aromatic rings. The van der Waals surface area contributed by atoms with Gasteiger partial charge in [-0.2, -0.15) is 0 Å². The maximum atomic E-state index is 8.74. The van der Waals surface area contributed by atoms with Gasteiger partial charge in [0.05, 0.1) is 29.3 Å². The Bertz CT molecular complexity index is 3910. The Balaban J connectivity index is 1.01. The van der Waals surface area contributed by atoms with Crippen LogP contribution in [0.2, 0.25) is 0 Å². The van der Waals surface area contributed by atoms with Crippen molar-refractivity contribution in [2.24, 2.45) is 0 Å². The zero-order valence-electron chi connectivity index (χ0n) is 48.0. The zero-order valence-corrected chi connectivity index (χ0v) is 43.0. The normalized spacial score (nSPS) is 14.0. The van der Waals surface area contributed by atoms with Crippen LogP contribution in [-0.4, -0.2) is 16.2 Å². The lowest BCUT2D eigenvalue weighted by Crippen LogP contribution is -2.25. The molecule has 11 rings (SSSR count). The lowest BCUT2D eigenvalue weighted by Gasteiger charge is -2.29. The van der Waals surface area contributed by atoms with Crippen molar-refractivity contribution >= 4 is 44.6 Å². The third kappa shape index (κ3) is 8.83. The summed E-state index contributed by atoms with van der Waals surface area (Å²) in [5.74, 6) is 1.96. The first-order valence-corrected chi connectivity index (χ1v) is 25.0. The van der Waals surface area contributed by atoms with E-state index in [0.29, 0.717) is 29.5 Å². The van der Waals surface area contributed by atoms with E-state index in [1.807, 2.05) is 25.1 Å². The lowest BCUT2D eigenvalue weighted by molar-refractivity contribution is 0.483. The van der Waals surface area contributed by atoms with Crippen LogP contribution in [0.4, 0.5) is 22.7 Å². The van der Waals surface area contributed by atoms with E-state index in [1.54, 1.807) is 6.20 Å². The van der Waals surface area contributed by atoms with E-state index in [9.17, 15) is 0 Å². The number of hydrogen-bond acceptors (Lipinski definition) is 4. The molecule has 0 saturated carbocycles. The van der Waals surface area contributed by atoms with Crippen molar-refractivity contribution in [3.8, 4) is 50.7 Å². The highest BCUT2D eigenvalue weighted by Gasteiger charge is 2.31. The molecule has 5 heteroatoms. The van der Waals surface area contributed by atoms with E-state index in [2.05, 4.69) is 216 Å². The van der Waals surface area contributed by atoms with Gasteiger partial charge >= 0.3 is 0 Å². The SMILES string of the molecule is [2H]c1c([2H])c([2H])c(-c2cnc(-n3c4ccc(-c5cccc(C(C)(C)C)c5)cc4c4ccc(Oc5cccc(N6CN(c7cc(C(C)(C)C)cc(C(C)(C)C)c7)c7cc(-c8ccccc8)ccc76)c5)cc43)cc2C)c([2H])c1[2H]. The van der Waals surface area contributed by atoms with Crippen LogP contribution in [0.15, 0.2) is 194 Å². The van der Waals surface area contributed by atoms with Gasteiger partial charge in [-0.3, -0.25) is 4.57 Å². The van der Waals surface area contributed by atoms with Crippen molar-refractivity contribution in [2.45, 2.75) is 85.5 Å². The summed E-state index contributed by atoms with van der Waals surface area (Å²) >= 11 is 0. The molecule has 0 unspecified atom stereocenters. The number of aryl methyl sites for hydroxylation is 1. The molecule has 0 saturated heterocycles. The molecule has 0 fully saturated rings. The van der Waals surface area contributed by atoms with Crippen LogP contribution in [0.1, 0.15) is 91.4 Å². The topological polar surface area (TPSA) is 33.5 Å². The first-order valence-electron chi connectivity index (χ1n) is 27.5. The number of pyridine rings is 1. The van der Waals surface area contributed by atoms with Crippen molar-refractivity contribution in [3.05, 3.63) is 216 Å². The Kier molecular flexibility index (Phi) is 10.1. The summed E-state index contributed by atoms with van der Waals surface area (Å²) in [6.07, 6.45) is 1.62. The van der Waals surface area contributed by atoms with Crippen LogP contribution in [0.3, 0.4) is 0 Å². The minimum atomic E-state index is -0.427. The number of hydrogen-bond donors (Lipinski definition) is 0. The second kappa shape index (κ2) is 17.8. The van der Waals surface area contributed by atoms with Gasteiger partial charge in [-0.05, 0) is 140 Å². The first kappa shape index (κ1) is 40.8. The molecular weight excluding hydrogens is 877 g/mol. The van der Waals surface area contributed by atoms with Crippen LogP contribution >= 0.6 is 0 Å². The summed E-state index contributed by atoms with van der Waals surface area (Å²) in [4.78, 5) is 9.81. The molecule has 0 aliphatic carbocycles. The van der Waals surface area contributed by atoms with Gasteiger partial charge in [-0.1, -0.05) is 171 Å². The third-order valence-corrected chi connectivity index (χ3v) is 14.2. The fourth-order valence-corrected chi connectivity index (χ4v) is 9.96. The number of ether oxygens (including phenoxy) is 1. The van der Waals surface area contributed by atoms with Gasteiger partial charge < -0.3 is 14.5 Å². The molecule has 0 amide bonds. The average Bonchev–Trinajstić information content (AvgIpc) is 4.05. The highest BCUT2D eigenvalue weighted by Crippen LogP contribution is 2.48. The van der Waals surface area contributed by atoms with Crippen LogP contribution < -0.4 is 14.5 Å². The van der Waals surface area contributed by atoms with E-state index >= 15 is 0 Å². The van der Waals surface area contributed by atoms with E-state index in [1.165, 1.54) is 22.3 Å². The summed E-state index contributed by atoms with van der Waals surface area (Å²) in [6, 6.07) is 54.5. The lowest BCUT2D eigenvalue weighted by atomic mass is 9.80. The Labute approximate surface area is 433 Å². The molecule has 1 aliphatic heterocycles. The molecule has 3 heterocycles. The van der Waals surface area contributed by atoms with Crippen molar-refractivity contribution in [2.75, 3.05) is 16.5 Å². The molecule has 0 atom stereocenters. The van der Waals surface area contributed by atoms with Gasteiger partial charge in [0, 0.05) is 46.0 Å². The number of rotatable bonds is 8. The maximum Gasteiger partial charge on any atom is 0.137 e. The van der Waals surface area contributed by atoms with E-state index in [4.69, 9.17) is 16.6 Å². The van der Waals surface area contributed by atoms with Gasteiger partial charge in [-0.15, -0.1) is 0 Å². The molecule has 2 aromatic heterocycles. The molecule has 72 heavy (non-hydrogen) atoms. The summed E-state index contributed by atoms with van der Waals surface area (Å²) in [5.41, 5.74) is 15.8. The maximum absolute atomic E-state index is 8.74. The Morgan fingerprint density at radius 1 is 0.472 bits per heavy atom. The predicted octanol–water partition coefficient (Wildman–Crippen LogP) is 18.4. The van der Waals surface area contributed by atoms with E-state index in [-0.39, 0.29) is 46.0 Å². The minimum absolute atomic E-state index is 0.0159. The number of fused-ring (bicyclic) bond motifs is 4. The standard InChI is InChI=1S/C67H64N4O/c1-44-33-64(68-42-59(44)46-21-15-12-16-22-46)71-60-31-27-48(47-23-17-24-50(34-47)65(2,3)4)35-58(60)57-30-29-56(41-62(57)71)72-55-26-18-25-53(40-55)69-43-70(54-38-51(66(5,6)7)37-52(39-54)67(8,9)10)63-36-49(28-32-61(63)69)45-19-13-11-14-20-45/h11-42H,43H2,1-10H3/i12D,15D,16D,21D,22D. The van der Waals surface area contributed by atoms with Crippen LogP contribution in [0, 0.1) is 6.92 Å². The largest absolute Gasteiger partial charge is 0.457 e. The molecule has 0 N–H and O–H groups in total. The predicted molar refractivity (Wildman–Crippen MR) is 304 cm³/mol. The average molecular weight is 946 g/mol. The molecule has 0 bridgehead atoms. The molecule has 0 radical (unpaired) electrons.